The minimum Gasteiger partial charge on any atom is -0.508 e. The van der Waals surface area contributed by atoms with Gasteiger partial charge in [-0.25, -0.2) is 0 Å². The predicted octanol–water partition coefficient (Wildman–Crippen LogP) is 6.86. The molecule has 1 unspecified atom stereocenters. The van der Waals surface area contributed by atoms with Crippen LogP contribution in [0.15, 0.2) is 40.8 Å². The summed E-state index contributed by atoms with van der Waals surface area (Å²) in [6, 6.07) is 11.9. The first kappa shape index (κ1) is 16.9. The molecule has 0 aliphatic rings. The van der Waals surface area contributed by atoms with E-state index in [0.29, 0.717) is 5.92 Å². The summed E-state index contributed by atoms with van der Waals surface area (Å²) in [6.45, 7) is 13.8. The lowest BCUT2D eigenvalue weighted by Crippen LogP contribution is -2.23. The van der Waals surface area contributed by atoms with Crippen LogP contribution in [0.3, 0.4) is 0 Å². The van der Waals surface area contributed by atoms with E-state index in [0.717, 1.165) is 28.4 Å². The Morgan fingerprint density at radius 1 is 0.875 bits per heavy atom. The van der Waals surface area contributed by atoms with Gasteiger partial charge in [-0.1, -0.05) is 53.7 Å². The van der Waals surface area contributed by atoms with Gasteiger partial charge in [-0.15, -0.1) is 0 Å². The average Bonchev–Trinajstić information content (AvgIpc) is 2.78. The summed E-state index contributed by atoms with van der Waals surface area (Å²) in [4.78, 5) is 0. The number of hydrogen-bond donors (Lipinski definition) is 1. The molecule has 0 fully saturated rings. The molecule has 0 spiro atoms. The van der Waals surface area contributed by atoms with Gasteiger partial charge in [0.1, 0.15) is 16.9 Å². The molecule has 0 aliphatic heterocycles. The maximum Gasteiger partial charge on any atom is 0.139 e. The molecule has 2 heteroatoms. The van der Waals surface area contributed by atoms with E-state index in [1.165, 1.54) is 5.56 Å². The summed E-state index contributed by atoms with van der Waals surface area (Å²) in [6.07, 6.45) is 1.13. The van der Waals surface area contributed by atoms with Crippen LogP contribution in [0, 0.1) is 10.8 Å². The number of hydrogen-bond acceptors (Lipinski definition) is 2. The molecule has 2 aromatic carbocycles. The van der Waals surface area contributed by atoms with Gasteiger partial charge in [-0.2, -0.15) is 0 Å². The first-order valence-electron chi connectivity index (χ1n) is 8.70. The van der Waals surface area contributed by atoms with Gasteiger partial charge in [0, 0.05) is 16.8 Å². The molecule has 0 saturated heterocycles. The molecule has 1 atom stereocenters. The van der Waals surface area contributed by atoms with Gasteiger partial charge < -0.3 is 9.52 Å². The van der Waals surface area contributed by atoms with Gasteiger partial charge in [0.25, 0.3) is 0 Å². The molecule has 0 amide bonds. The summed E-state index contributed by atoms with van der Waals surface area (Å²) in [7, 11) is 0. The third kappa shape index (κ3) is 3.28. The molecule has 2 nitrogen and oxygen atoms in total. The topological polar surface area (TPSA) is 33.4 Å². The first-order valence-corrected chi connectivity index (χ1v) is 8.70. The van der Waals surface area contributed by atoms with Crippen molar-refractivity contribution in [3.8, 4) is 5.75 Å². The lowest BCUT2D eigenvalue weighted by atomic mass is 9.69. The number of furan rings is 1. The Bertz CT molecular complexity index is 872. The van der Waals surface area contributed by atoms with E-state index in [4.69, 9.17) is 4.42 Å². The highest BCUT2D eigenvalue weighted by Crippen LogP contribution is 2.44. The van der Waals surface area contributed by atoms with E-state index < -0.39 is 0 Å². The molecule has 1 aromatic heterocycles. The van der Waals surface area contributed by atoms with Crippen LogP contribution in [0.2, 0.25) is 0 Å². The standard InChI is InChI=1S/C22H28O2/c1-21(2,3)13-18(22(4,5)6)14-7-9-16-17-10-8-15(23)12-20(17)24-19(16)11-14/h7-12,18,23H,13H2,1-6H3. The van der Waals surface area contributed by atoms with Crippen LogP contribution >= 0.6 is 0 Å². The average molecular weight is 324 g/mol. The van der Waals surface area contributed by atoms with Crippen molar-refractivity contribution < 1.29 is 9.52 Å². The van der Waals surface area contributed by atoms with Gasteiger partial charge in [0.05, 0.1) is 0 Å². The van der Waals surface area contributed by atoms with Crippen molar-refractivity contribution in [1.29, 1.82) is 0 Å². The molecule has 3 rings (SSSR count). The second-order valence-electron chi connectivity index (χ2n) is 9.22. The van der Waals surface area contributed by atoms with E-state index in [1.54, 1.807) is 12.1 Å². The summed E-state index contributed by atoms with van der Waals surface area (Å²) in [5.41, 5.74) is 3.42. The fraction of sp³-hybridized carbons (Fsp3) is 0.455. The number of aromatic hydroxyl groups is 1. The summed E-state index contributed by atoms with van der Waals surface area (Å²) < 4.78 is 6.01. The number of rotatable bonds is 2. The van der Waals surface area contributed by atoms with Crippen molar-refractivity contribution in [3.63, 3.8) is 0 Å². The largest absolute Gasteiger partial charge is 0.508 e. The minimum atomic E-state index is 0.186. The van der Waals surface area contributed by atoms with Crippen LogP contribution in [0.25, 0.3) is 21.9 Å². The maximum absolute atomic E-state index is 9.67. The van der Waals surface area contributed by atoms with Crippen molar-refractivity contribution in [1.82, 2.24) is 0 Å². The third-order valence-electron chi connectivity index (χ3n) is 4.75. The Labute approximate surface area is 144 Å². The molecule has 24 heavy (non-hydrogen) atoms. The van der Waals surface area contributed by atoms with Crippen molar-refractivity contribution >= 4 is 21.9 Å². The van der Waals surface area contributed by atoms with Crippen molar-refractivity contribution in [3.05, 3.63) is 42.0 Å². The van der Waals surface area contributed by atoms with Gasteiger partial charge >= 0.3 is 0 Å². The van der Waals surface area contributed by atoms with Crippen LogP contribution in [0.4, 0.5) is 0 Å². The summed E-state index contributed by atoms with van der Waals surface area (Å²) >= 11 is 0. The highest BCUT2D eigenvalue weighted by atomic mass is 16.3. The van der Waals surface area contributed by atoms with Gasteiger partial charge in [0.15, 0.2) is 0 Å². The highest BCUT2D eigenvalue weighted by Gasteiger charge is 2.30. The Kier molecular flexibility index (Phi) is 3.90. The fourth-order valence-corrected chi connectivity index (χ4v) is 3.54. The van der Waals surface area contributed by atoms with E-state index in [1.807, 2.05) is 6.07 Å². The lowest BCUT2D eigenvalue weighted by molar-refractivity contribution is 0.229. The lowest BCUT2D eigenvalue weighted by Gasteiger charge is -2.36. The molecule has 1 N–H and O–H groups in total. The highest BCUT2D eigenvalue weighted by molar-refractivity contribution is 6.05. The smallest absolute Gasteiger partial charge is 0.139 e. The molecule has 0 saturated carbocycles. The molecule has 0 radical (unpaired) electrons. The minimum absolute atomic E-state index is 0.186. The number of benzene rings is 2. The van der Waals surface area contributed by atoms with E-state index >= 15 is 0 Å². The molecular weight excluding hydrogens is 296 g/mol. The third-order valence-corrected chi connectivity index (χ3v) is 4.75. The van der Waals surface area contributed by atoms with Gasteiger partial charge in [-0.05, 0) is 46.9 Å². The van der Waals surface area contributed by atoms with Gasteiger partial charge in [0.2, 0.25) is 0 Å². The zero-order valence-corrected chi connectivity index (χ0v) is 15.6. The molecule has 1 heterocycles. The number of phenols is 1. The fourth-order valence-electron chi connectivity index (χ4n) is 3.54. The zero-order valence-electron chi connectivity index (χ0n) is 15.6. The Balaban J connectivity index is 2.12. The summed E-state index contributed by atoms with van der Waals surface area (Å²) in [5, 5.41) is 11.8. The number of fused-ring (bicyclic) bond motifs is 3. The van der Waals surface area contributed by atoms with Crippen LogP contribution in [0.1, 0.15) is 59.4 Å². The SMILES string of the molecule is CC(C)(C)CC(c1ccc2c(c1)oc1cc(O)ccc12)C(C)(C)C. The quantitative estimate of drug-likeness (QED) is 0.558. The van der Waals surface area contributed by atoms with Crippen molar-refractivity contribution in [2.24, 2.45) is 10.8 Å². The van der Waals surface area contributed by atoms with Crippen LogP contribution in [-0.2, 0) is 0 Å². The normalized spacial score (nSPS) is 14.4. The molecule has 128 valence electrons. The number of phenolic OH excluding ortho intramolecular Hbond substituents is 1. The second kappa shape index (κ2) is 5.54. The van der Waals surface area contributed by atoms with E-state index in [-0.39, 0.29) is 16.6 Å². The Morgan fingerprint density at radius 2 is 1.46 bits per heavy atom. The van der Waals surface area contributed by atoms with E-state index in [2.05, 4.69) is 59.7 Å². The van der Waals surface area contributed by atoms with Gasteiger partial charge in [-0.3, -0.25) is 0 Å². The zero-order chi connectivity index (χ0) is 17.7. The molecular formula is C22H28O2. The van der Waals surface area contributed by atoms with E-state index in [9.17, 15) is 5.11 Å². The predicted molar refractivity (Wildman–Crippen MR) is 102 cm³/mol. The Hall–Kier alpha value is -1.96. The molecule has 0 aliphatic carbocycles. The Morgan fingerprint density at radius 3 is 2.04 bits per heavy atom. The monoisotopic (exact) mass is 324 g/mol. The second-order valence-corrected chi connectivity index (χ2v) is 9.22. The van der Waals surface area contributed by atoms with Crippen LogP contribution in [-0.4, -0.2) is 5.11 Å². The molecule has 0 bridgehead atoms. The van der Waals surface area contributed by atoms with Crippen molar-refractivity contribution in [2.75, 3.05) is 0 Å². The van der Waals surface area contributed by atoms with Crippen LogP contribution < -0.4 is 0 Å². The summed E-state index contributed by atoms with van der Waals surface area (Å²) in [5.74, 6) is 0.700. The maximum atomic E-state index is 9.67. The first-order chi connectivity index (χ1) is 11.0. The van der Waals surface area contributed by atoms with Crippen molar-refractivity contribution in [2.45, 2.75) is 53.9 Å². The molecule has 3 aromatic rings. The van der Waals surface area contributed by atoms with Crippen LogP contribution in [0.5, 0.6) is 5.75 Å².